The van der Waals surface area contributed by atoms with E-state index in [0.717, 1.165) is 23.4 Å². The number of piperazine rings is 1. The Morgan fingerprint density at radius 3 is 2.75 bits per heavy atom. The normalized spacial score (nSPS) is 17.1. The Kier molecular flexibility index (Phi) is 6.02. The zero-order valence-corrected chi connectivity index (χ0v) is 17.1. The molecule has 0 bridgehead atoms. The Morgan fingerprint density at radius 1 is 1.29 bits per heavy atom. The summed E-state index contributed by atoms with van der Waals surface area (Å²) in [4.78, 5) is 28.9. The molecule has 28 heavy (non-hydrogen) atoms. The van der Waals surface area contributed by atoms with E-state index in [2.05, 4.69) is 16.5 Å². The van der Waals surface area contributed by atoms with Crippen LogP contribution in [-0.2, 0) is 24.4 Å². The lowest BCUT2D eigenvalue weighted by Crippen LogP contribution is -2.59. The topological polar surface area (TPSA) is 70.5 Å². The van der Waals surface area contributed by atoms with Gasteiger partial charge in [-0.05, 0) is 33.3 Å². The molecule has 3 rings (SSSR count). The molecule has 7 nitrogen and oxygen atoms in total. The average molecular weight is 383 g/mol. The van der Waals surface area contributed by atoms with Crippen molar-refractivity contribution in [3.8, 4) is 0 Å². The lowest BCUT2D eigenvalue weighted by molar-refractivity contribution is -0.139. The smallest absolute Gasteiger partial charge is 0.318 e. The first-order valence-electron chi connectivity index (χ1n) is 9.80. The number of benzene rings is 1. The number of amides is 3. The zero-order valence-electron chi connectivity index (χ0n) is 17.1. The van der Waals surface area contributed by atoms with Crippen molar-refractivity contribution in [3.63, 3.8) is 0 Å². The van der Waals surface area contributed by atoms with Crippen LogP contribution in [0.15, 0.2) is 30.5 Å². The summed E-state index contributed by atoms with van der Waals surface area (Å²) < 4.78 is 1.90. The lowest BCUT2D eigenvalue weighted by Gasteiger charge is -2.39. The van der Waals surface area contributed by atoms with Gasteiger partial charge in [0.1, 0.15) is 6.04 Å². The van der Waals surface area contributed by atoms with Crippen molar-refractivity contribution in [1.82, 2.24) is 24.9 Å². The van der Waals surface area contributed by atoms with Crippen LogP contribution in [-0.4, -0.2) is 50.6 Å². The second kappa shape index (κ2) is 8.46. The van der Waals surface area contributed by atoms with E-state index in [-0.39, 0.29) is 11.9 Å². The summed E-state index contributed by atoms with van der Waals surface area (Å²) in [5.74, 6) is -0.0158. The van der Waals surface area contributed by atoms with E-state index in [1.54, 1.807) is 18.0 Å². The third kappa shape index (κ3) is 4.18. The molecule has 1 fully saturated rings. The molecule has 3 amide bonds. The predicted molar refractivity (Wildman–Crippen MR) is 108 cm³/mol. The van der Waals surface area contributed by atoms with Crippen molar-refractivity contribution >= 4 is 11.9 Å². The molecular formula is C21H29N5O2. The van der Waals surface area contributed by atoms with Crippen LogP contribution in [0.4, 0.5) is 4.79 Å². The lowest BCUT2D eigenvalue weighted by atomic mass is 10.1. The highest BCUT2D eigenvalue weighted by Gasteiger charge is 2.34. The number of urea groups is 1. The highest BCUT2D eigenvalue weighted by molar-refractivity contribution is 5.88. The second-order valence-corrected chi connectivity index (χ2v) is 7.35. The number of rotatable bonds is 5. The van der Waals surface area contributed by atoms with E-state index in [0.29, 0.717) is 26.2 Å². The van der Waals surface area contributed by atoms with Crippen LogP contribution < -0.4 is 5.32 Å². The van der Waals surface area contributed by atoms with Gasteiger partial charge in [-0.1, -0.05) is 29.8 Å². The second-order valence-electron chi connectivity index (χ2n) is 7.35. The Bertz CT molecular complexity index is 860. The molecule has 0 spiro atoms. The molecule has 1 unspecified atom stereocenters. The van der Waals surface area contributed by atoms with Gasteiger partial charge in [-0.2, -0.15) is 5.10 Å². The van der Waals surface area contributed by atoms with Crippen LogP contribution in [0, 0.1) is 13.8 Å². The molecule has 1 aromatic carbocycles. The summed E-state index contributed by atoms with van der Waals surface area (Å²) >= 11 is 0. The summed E-state index contributed by atoms with van der Waals surface area (Å²) in [5, 5.41) is 7.23. The van der Waals surface area contributed by atoms with E-state index >= 15 is 0 Å². The number of aryl methyl sites for hydroxylation is 2. The summed E-state index contributed by atoms with van der Waals surface area (Å²) in [6.45, 7) is 10.7. The molecule has 1 saturated heterocycles. The van der Waals surface area contributed by atoms with Crippen LogP contribution in [0.1, 0.15) is 36.2 Å². The minimum atomic E-state index is -0.474. The maximum absolute atomic E-state index is 12.8. The Morgan fingerprint density at radius 2 is 2.07 bits per heavy atom. The van der Waals surface area contributed by atoms with Gasteiger partial charge in [-0.15, -0.1) is 0 Å². The van der Waals surface area contributed by atoms with Crippen LogP contribution in [0.25, 0.3) is 0 Å². The zero-order chi connectivity index (χ0) is 20.3. The van der Waals surface area contributed by atoms with E-state index in [1.807, 2.05) is 48.6 Å². The van der Waals surface area contributed by atoms with E-state index in [1.165, 1.54) is 5.56 Å². The van der Waals surface area contributed by atoms with Gasteiger partial charge in [0.25, 0.3) is 0 Å². The largest absolute Gasteiger partial charge is 0.335 e. The first-order valence-corrected chi connectivity index (χ1v) is 9.80. The summed E-state index contributed by atoms with van der Waals surface area (Å²) in [6, 6.07) is 7.49. The maximum atomic E-state index is 12.8. The van der Waals surface area contributed by atoms with E-state index in [9.17, 15) is 9.59 Å². The van der Waals surface area contributed by atoms with Gasteiger partial charge in [0, 0.05) is 44.0 Å². The number of aromatic nitrogens is 2. The fourth-order valence-electron chi connectivity index (χ4n) is 3.65. The molecule has 1 aliphatic heterocycles. The molecule has 150 valence electrons. The van der Waals surface area contributed by atoms with Crippen LogP contribution in [0.5, 0.6) is 0 Å². The number of nitrogens with one attached hydrogen (secondary N) is 1. The Labute approximate surface area is 166 Å². The molecule has 1 N–H and O–H groups in total. The van der Waals surface area contributed by atoms with Gasteiger partial charge >= 0.3 is 6.03 Å². The van der Waals surface area contributed by atoms with E-state index < -0.39 is 6.04 Å². The number of hydrogen-bond acceptors (Lipinski definition) is 3. The van der Waals surface area contributed by atoms with Crippen molar-refractivity contribution in [2.45, 2.75) is 53.4 Å². The molecule has 1 aliphatic rings. The third-order valence-electron chi connectivity index (χ3n) is 5.40. The Hall–Kier alpha value is -2.83. The number of hydrogen-bond donors (Lipinski definition) is 1. The van der Waals surface area contributed by atoms with Crippen LogP contribution >= 0.6 is 0 Å². The van der Waals surface area contributed by atoms with Crippen molar-refractivity contribution in [3.05, 3.63) is 52.8 Å². The van der Waals surface area contributed by atoms with Crippen molar-refractivity contribution in [2.75, 3.05) is 13.1 Å². The van der Waals surface area contributed by atoms with Gasteiger partial charge in [-0.3, -0.25) is 9.48 Å². The van der Waals surface area contributed by atoms with Gasteiger partial charge < -0.3 is 15.1 Å². The van der Waals surface area contributed by atoms with Crippen molar-refractivity contribution in [1.29, 1.82) is 0 Å². The monoisotopic (exact) mass is 383 g/mol. The SMILES string of the molecule is CCn1ncc(CNC(=O)N2CCN(Cc3cccc(C)c3)C(=O)C2C)c1C. The van der Waals surface area contributed by atoms with Crippen LogP contribution in [0.3, 0.4) is 0 Å². The predicted octanol–water partition coefficient (Wildman–Crippen LogP) is 2.46. The molecule has 1 aromatic heterocycles. The molecule has 0 radical (unpaired) electrons. The molecule has 0 saturated carbocycles. The highest BCUT2D eigenvalue weighted by Crippen LogP contribution is 2.16. The standard InChI is InChI=1S/C21H29N5O2/c1-5-26-16(3)19(13-23-26)12-22-21(28)25-10-9-24(20(27)17(25)4)14-18-8-6-7-15(2)11-18/h6-8,11,13,17H,5,9-10,12,14H2,1-4H3,(H,22,28). The van der Waals surface area contributed by atoms with Gasteiger partial charge in [-0.25, -0.2) is 4.79 Å². The van der Waals surface area contributed by atoms with E-state index in [4.69, 9.17) is 0 Å². The quantitative estimate of drug-likeness (QED) is 0.862. The molecule has 1 atom stereocenters. The summed E-state index contributed by atoms with van der Waals surface area (Å²) in [5.41, 5.74) is 4.33. The molecule has 2 aromatic rings. The highest BCUT2D eigenvalue weighted by atomic mass is 16.2. The maximum Gasteiger partial charge on any atom is 0.318 e. The molecular weight excluding hydrogens is 354 g/mol. The van der Waals surface area contributed by atoms with Crippen molar-refractivity contribution < 1.29 is 9.59 Å². The fraction of sp³-hybridized carbons (Fsp3) is 0.476. The number of nitrogens with zero attached hydrogens (tertiary/aromatic N) is 4. The first-order chi connectivity index (χ1) is 13.4. The fourth-order valence-corrected chi connectivity index (χ4v) is 3.65. The van der Waals surface area contributed by atoms with Crippen molar-refractivity contribution in [2.24, 2.45) is 0 Å². The Balaban J connectivity index is 1.58. The first kappa shape index (κ1) is 19.9. The molecule has 2 heterocycles. The average Bonchev–Trinajstić information content (AvgIpc) is 3.03. The van der Waals surface area contributed by atoms with Crippen LogP contribution in [0.2, 0.25) is 0 Å². The van der Waals surface area contributed by atoms with Gasteiger partial charge in [0.05, 0.1) is 6.20 Å². The summed E-state index contributed by atoms with van der Waals surface area (Å²) in [6.07, 6.45) is 1.79. The summed E-state index contributed by atoms with van der Waals surface area (Å²) in [7, 11) is 0. The minimum absolute atomic E-state index is 0.0158. The number of carbonyl (C=O) groups is 2. The molecule has 0 aliphatic carbocycles. The third-order valence-corrected chi connectivity index (χ3v) is 5.40. The minimum Gasteiger partial charge on any atom is -0.335 e. The van der Waals surface area contributed by atoms with Gasteiger partial charge in [0.2, 0.25) is 5.91 Å². The molecule has 7 heteroatoms. The van der Waals surface area contributed by atoms with Gasteiger partial charge in [0.15, 0.2) is 0 Å². The number of carbonyl (C=O) groups excluding carboxylic acids is 2.